The summed E-state index contributed by atoms with van der Waals surface area (Å²) in [5, 5.41) is 0. The summed E-state index contributed by atoms with van der Waals surface area (Å²) < 4.78 is 4.43. The second kappa shape index (κ2) is 3.87. The van der Waals surface area contributed by atoms with E-state index in [4.69, 9.17) is 7.85 Å². The van der Waals surface area contributed by atoms with Gasteiger partial charge in [-0.1, -0.05) is 12.1 Å². The van der Waals surface area contributed by atoms with Crippen molar-refractivity contribution in [3.05, 3.63) is 24.3 Å². The standard InChI is InChI=1S/C15H22BN2/c1-14(2,3)17-11-9-7-8-10-12(11)18(13(17)16)15(4,5)6/h7-10H,1-6H3. The molecule has 0 amide bonds. The number of aromatic nitrogens is 2. The van der Waals surface area contributed by atoms with E-state index in [1.165, 1.54) is 11.0 Å². The van der Waals surface area contributed by atoms with E-state index < -0.39 is 0 Å². The second-order valence-corrected chi connectivity index (χ2v) is 6.86. The zero-order chi connectivity index (χ0) is 13.7. The fourth-order valence-corrected chi connectivity index (χ4v) is 2.60. The Labute approximate surface area is 111 Å². The summed E-state index contributed by atoms with van der Waals surface area (Å²) in [4.78, 5) is 0. The van der Waals surface area contributed by atoms with Crippen molar-refractivity contribution >= 4 is 24.6 Å². The number of nitrogens with zero attached hydrogens (tertiary/aromatic N) is 2. The largest absolute Gasteiger partial charge is 0.458 e. The van der Waals surface area contributed by atoms with Gasteiger partial charge in [-0.3, -0.25) is 9.13 Å². The van der Waals surface area contributed by atoms with Gasteiger partial charge in [-0.05, 0) is 59.4 Å². The zero-order valence-corrected chi connectivity index (χ0v) is 12.3. The van der Waals surface area contributed by atoms with Crippen molar-refractivity contribution in [2.45, 2.75) is 52.6 Å². The minimum atomic E-state index is -0.0276. The highest BCUT2D eigenvalue weighted by atomic mass is 15.2. The molecule has 0 N–H and O–H groups in total. The number of para-hydroxylation sites is 2. The Hall–Kier alpha value is -1.25. The Kier molecular flexibility index (Phi) is 2.84. The molecule has 0 aliphatic rings. The molecule has 0 unspecified atom stereocenters. The third-order valence-electron chi connectivity index (χ3n) is 3.16. The van der Waals surface area contributed by atoms with Gasteiger partial charge < -0.3 is 7.85 Å². The van der Waals surface area contributed by atoms with Gasteiger partial charge in [0.1, 0.15) is 0 Å². The maximum Gasteiger partial charge on any atom is 0.171 e. The molecule has 18 heavy (non-hydrogen) atoms. The summed E-state index contributed by atoms with van der Waals surface area (Å²) in [5.41, 5.74) is 3.14. The first-order valence-corrected chi connectivity index (χ1v) is 6.46. The van der Waals surface area contributed by atoms with Crippen molar-refractivity contribution in [2.75, 3.05) is 0 Å². The van der Waals surface area contributed by atoms with Crippen LogP contribution in [0.15, 0.2) is 24.3 Å². The Balaban J connectivity index is 2.94. The molecule has 1 aromatic heterocycles. The van der Waals surface area contributed by atoms with Gasteiger partial charge in [0.15, 0.2) is 11.0 Å². The van der Waals surface area contributed by atoms with Crippen molar-refractivity contribution in [3.8, 4) is 0 Å². The highest BCUT2D eigenvalue weighted by Gasteiger charge is 2.29. The number of rotatable bonds is 0. The molecule has 2 nitrogen and oxygen atoms in total. The third kappa shape index (κ3) is 1.96. The first-order chi connectivity index (χ1) is 8.14. The molecule has 2 aromatic rings. The minimum Gasteiger partial charge on any atom is -0.458 e. The summed E-state index contributed by atoms with van der Waals surface area (Å²) in [7, 11) is 6.41. The van der Waals surface area contributed by atoms with Gasteiger partial charge in [0.05, 0.1) is 11.1 Å². The summed E-state index contributed by atoms with van der Waals surface area (Å²) in [6.07, 6.45) is 0. The maximum absolute atomic E-state index is 6.41. The Bertz CT molecular complexity index is 532. The minimum absolute atomic E-state index is 0.0276. The fraction of sp³-hybridized carbons (Fsp3) is 0.533. The van der Waals surface area contributed by atoms with Crippen LogP contribution in [0.4, 0.5) is 0 Å². The van der Waals surface area contributed by atoms with Gasteiger partial charge in [-0.2, -0.15) is 0 Å². The molecular formula is C15H22BN2. The SMILES string of the molecule is [B-]c1n(C(C)(C)C)c2ccccc2[n+]1C(C)(C)C. The molecule has 0 saturated carbocycles. The predicted molar refractivity (Wildman–Crippen MR) is 77.5 cm³/mol. The molecule has 0 spiro atoms. The molecule has 3 radical (unpaired) electrons. The van der Waals surface area contributed by atoms with E-state index in [0.717, 1.165) is 5.72 Å². The average Bonchev–Trinajstić information content (AvgIpc) is 2.47. The molecule has 0 saturated heterocycles. The zero-order valence-electron chi connectivity index (χ0n) is 12.3. The van der Waals surface area contributed by atoms with Crippen LogP contribution in [-0.2, 0) is 11.1 Å². The lowest BCUT2D eigenvalue weighted by Gasteiger charge is -2.26. The van der Waals surface area contributed by atoms with Crippen LogP contribution >= 0.6 is 0 Å². The van der Waals surface area contributed by atoms with Crippen LogP contribution in [0.5, 0.6) is 0 Å². The quantitative estimate of drug-likeness (QED) is 0.494. The van der Waals surface area contributed by atoms with Crippen LogP contribution in [0.2, 0.25) is 0 Å². The van der Waals surface area contributed by atoms with Gasteiger partial charge in [0, 0.05) is 0 Å². The molecule has 0 fully saturated rings. The normalized spacial score (nSPS) is 13.3. The van der Waals surface area contributed by atoms with E-state index in [1.807, 2.05) is 0 Å². The van der Waals surface area contributed by atoms with Gasteiger partial charge >= 0.3 is 0 Å². The van der Waals surface area contributed by atoms with Crippen LogP contribution in [0.3, 0.4) is 0 Å². The van der Waals surface area contributed by atoms with Crippen LogP contribution in [0.1, 0.15) is 41.5 Å². The van der Waals surface area contributed by atoms with E-state index in [1.54, 1.807) is 0 Å². The molecule has 2 rings (SSSR count). The molecule has 0 aliphatic heterocycles. The Morgan fingerprint density at radius 2 is 1.56 bits per heavy atom. The van der Waals surface area contributed by atoms with Crippen molar-refractivity contribution in [1.82, 2.24) is 4.57 Å². The molecule has 3 heteroatoms. The maximum atomic E-state index is 6.41. The highest BCUT2D eigenvalue weighted by Crippen LogP contribution is 2.21. The molecule has 0 aliphatic carbocycles. The predicted octanol–water partition coefficient (Wildman–Crippen LogP) is 2.23. The second-order valence-electron chi connectivity index (χ2n) is 6.86. The fourth-order valence-electron chi connectivity index (χ4n) is 2.60. The first kappa shape index (κ1) is 13.2. The molecule has 1 heterocycles. The Morgan fingerprint density at radius 3 is 2.06 bits per heavy atom. The van der Waals surface area contributed by atoms with Crippen LogP contribution in [0, 0.1) is 0 Å². The molecule has 95 valence electrons. The first-order valence-electron chi connectivity index (χ1n) is 6.46. The van der Waals surface area contributed by atoms with E-state index in [2.05, 4.69) is 74.9 Å². The van der Waals surface area contributed by atoms with E-state index in [9.17, 15) is 0 Å². The number of fused-ring (bicyclic) bond motifs is 1. The lowest BCUT2D eigenvalue weighted by molar-refractivity contribution is -0.715. The molecule has 1 aromatic carbocycles. The third-order valence-corrected chi connectivity index (χ3v) is 3.16. The summed E-state index contributed by atoms with van der Waals surface area (Å²) in [6, 6.07) is 8.41. The van der Waals surface area contributed by atoms with Gasteiger partial charge in [-0.15, -0.1) is 0 Å². The lowest BCUT2D eigenvalue weighted by Crippen LogP contribution is -2.62. The van der Waals surface area contributed by atoms with Crippen LogP contribution in [0.25, 0.3) is 11.0 Å². The van der Waals surface area contributed by atoms with Gasteiger partial charge in [0.25, 0.3) is 0 Å². The number of benzene rings is 1. The van der Waals surface area contributed by atoms with Crippen LogP contribution in [-0.4, -0.2) is 12.4 Å². The van der Waals surface area contributed by atoms with E-state index in [-0.39, 0.29) is 11.1 Å². The van der Waals surface area contributed by atoms with Crippen molar-refractivity contribution < 1.29 is 4.57 Å². The lowest BCUT2D eigenvalue weighted by atomic mass is 10.0. The van der Waals surface area contributed by atoms with Crippen molar-refractivity contribution in [3.63, 3.8) is 0 Å². The monoisotopic (exact) mass is 241 g/mol. The van der Waals surface area contributed by atoms with Gasteiger partial charge in [0.2, 0.25) is 0 Å². The molecular weight excluding hydrogens is 219 g/mol. The topological polar surface area (TPSA) is 8.81 Å². The van der Waals surface area contributed by atoms with Gasteiger partial charge in [-0.25, -0.2) is 0 Å². The number of hydrogen-bond donors (Lipinski definition) is 0. The summed E-state index contributed by atoms with van der Waals surface area (Å²) in [6.45, 7) is 13.1. The number of hydrogen-bond acceptors (Lipinski definition) is 0. The molecule has 0 atom stereocenters. The van der Waals surface area contributed by atoms with E-state index in [0.29, 0.717) is 0 Å². The summed E-state index contributed by atoms with van der Waals surface area (Å²) >= 11 is 0. The van der Waals surface area contributed by atoms with Crippen molar-refractivity contribution in [2.24, 2.45) is 0 Å². The Morgan fingerprint density at radius 1 is 1.00 bits per heavy atom. The average molecular weight is 241 g/mol. The van der Waals surface area contributed by atoms with E-state index >= 15 is 0 Å². The number of imidazole rings is 1. The highest BCUT2D eigenvalue weighted by molar-refractivity contribution is 6.28. The smallest absolute Gasteiger partial charge is 0.171 e. The van der Waals surface area contributed by atoms with Crippen LogP contribution < -0.4 is 10.3 Å². The van der Waals surface area contributed by atoms with Crippen molar-refractivity contribution in [1.29, 1.82) is 0 Å². The summed E-state index contributed by atoms with van der Waals surface area (Å²) in [5.74, 6) is 0. The molecule has 0 bridgehead atoms.